The first kappa shape index (κ1) is 17.9. The molecule has 1 amide bonds. The maximum absolute atomic E-state index is 11.8. The molecule has 0 atom stereocenters. The van der Waals surface area contributed by atoms with Gasteiger partial charge in [0, 0.05) is 23.7 Å². The molecule has 7 heteroatoms. The number of nitro benzene ring substituents is 1. The Morgan fingerprint density at radius 3 is 2.67 bits per heavy atom. The van der Waals surface area contributed by atoms with Gasteiger partial charge in [-0.15, -0.1) is 0 Å². The number of nitrogens with zero attached hydrogens (tertiary/aromatic N) is 1. The molecule has 2 rings (SSSR count). The summed E-state index contributed by atoms with van der Waals surface area (Å²) < 4.78 is 5.00. The molecule has 0 bridgehead atoms. The number of carbonyl (C=O) groups excluding carboxylic acids is 2. The number of hydrogen-bond acceptors (Lipinski definition) is 5. The minimum absolute atomic E-state index is 0.0675. The molecular weight excluding hydrogens is 312 g/mol. The van der Waals surface area contributed by atoms with Crippen molar-refractivity contribution >= 4 is 23.3 Å². The van der Waals surface area contributed by atoms with E-state index in [0.717, 1.165) is 25.7 Å². The second-order valence-electron chi connectivity index (χ2n) is 6.18. The number of hydrogen-bond donors (Lipinski definition) is 1. The number of esters is 1. The maximum atomic E-state index is 11.8. The molecule has 7 nitrogen and oxygen atoms in total. The molecule has 1 saturated carbocycles. The van der Waals surface area contributed by atoms with Crippen LogP contribution in [0.25, 0.3) is 0 Å². The lowest BCUT2D eigenvalue weighted by molar-refractivity contribution is -0.385. The van der Waals surface area contributed by atoms with Gasteiger partial charge >= 0.3 is 5.97 Å². The zero-order valence-corrected chi connectivity index (χ0v) is 13.7. The van der Waals surface area contributed by atoms with Gasteiger partial charge in [0.2, 0.25) is 0 Å². The largest absolute Gasteiger partial charge is 0.456 e. The van der Waals surface area contributed by atoms with Gasteiger partial charge in [-0.25, -0.2) is 0 Å². The Bertz CT molecular complexity index is 623. The summed E-state index contributed by atoms with van der Waals surface area (Å²) in [6.45, 7) is 1.24. The molecule has 0 radical (unpaired) electrons. The number of carbonyl (C=O) groups is 2. The van der Waals surface area contributed by atoms with Crippen LogP contribution in [0, 0.1) is 23.0 Å². The van der Waals surface area contributed by atoms with Crippen molar-refractivity contribution in [1.29, 1.82) is 0 Å². The van der Waals surface area contributed by atoms with Crippen molar-refractivity contribution in [3.05, 3.63) is 33.9 Å². The molecule has 0 aromatic heterocycles. The molecule has 1 aliphatic carbocycles. The Morgan fingerprint density at radius 1 is 1.29 bits per heavy atom. The third-order valence-electron chi connectivity index (χ3n) is 4.23. The lowest BCUT2D eigenvalue weighted by atomic mass is 9.87. The highest BCUT2D eigenvalue weighted by atomic mass is 16.6. The molecule has 1 fully saturated rings. The van der Waals surface area contributed by atoms with Crippen LogP contribution in [0.15, 0.2) is 18.2 Å². The van der Waals surface area contributed by atoms with Gasteiger partial charge in [-0.2, -0.15) is 0 Å². The smallest absolute Gasteiger partial charge is 0.306 e. The van der Waals surface area contributed by atoms with Crippen LogP contribution in [0.1, 0.15) is 44.1 Å². The molecule has 0 aliphatic heterocycles. The van der Waals surface area contributed by atoms with Crippen LogP contribution in [0.4, 0.5) is 11.4 Å². The van der Waals surface area contributed by atoms with Crippen molar-refractivity contribution in [3.63, 3.8) is 0 Å². The van der Waals surface area contributed by atoms with Crippen LogP contribution in [-0.2, 0) is 14.3 Å². The van der Waals surface area contributed by atoms with Crippen LogP contribution in [0.3, 0.4) is 0 Å². The third kappa shape index (κ3) is 5.33. The maximum Gasteiger partial charge on any atom is 0.306 e. The van der Waals surface area contributed by atoms with Crippen molar-refractivity contribution in [1.82, 2.24) is 0 Å². The number of benzene rings is 1. The number of nitrogens with one attached hydrogen (secondary N) is 1. The SMILES string of the molecule is Cc1ccc(NC(=O)COC(=O)CC2CCCCC2)cc1[N+](=O)[O-]. The van der Waals surface area contributed by atoms with E-state index in [0.29, 0.717) is 23.6 Å². The molecule has 24 heavy (non-hydrogen) atoms. The number of anilines is 1. The van der Waals surface area contributed by atoms with Gasteiger partial charge in [0.15, 0.2) is 6.61 Å². The van der Waals surface area contributed by atoms with Crippen LogP contribution < -0.4 is 5.32 Å². The van der Waals surface area contributed by atoms with E-state index in [9.17, 15) is 19.7 Å². The highest BCUT2D eigenvalue weighted by Gasteiger charge is 2.19. The standard InChI is InChI=1S/C17H22N2O5/c1-12-7-8-14(10-15(12)19(22)23)18-16(20)11-24-17(21)9-13-5-3-2-4-6-13/h7-8,10,13H,2-6,9,11H2,1H3,(H,18,20). The number of rotatable bonds is 6. The van der Waals surface area contributed by atoms with Crippen LogP contribution in [0.2, 0.25) is 0 Å². The Hall–Kier alpha value is -2.44. The Morgan fingerprint density at radius 2 is 2.00 bits per heavy atom. The van der Waals surface area contributed by atoms with Crippen molar-refractivity contribution in [2.24, 2.45) is 5.92 Å². The van der Waals surface area contributed by atoms with Crippen LogP contribution in [-0.4, -0.2) is 23.4 Å². The van der Waals surface area contributed by atoms with Crippen LogP contribution >= 0.6 is 0 Å². The van der Waals surface area contributed by atoms with Gasteiger partial charge in [0.25, 0.3) is 11.6 Å². The minimum atomic E-state index is -0.509. The van der Waals surface area contributed by atoms with Gasteiger partial charge in [0.05, 0.1) is 4.92 Å². The van der Waals surface area contributed by atoms with E-state index in [1.54, 1.807) is 19.1 Å². The molecule has 0 heterocycles. The summed E-state index contributed by atoms with van der Waals surface area (Å²) in [7, 11) is 0. The third-order valence-corrected chi connectivity index (χ3v) is 4.23. The first-order chi connectivity index (χ1) is 11.5. The molecule has 1 aliphatic rings. The Labute approximate surface area is 140 Å². The van der Waals surface area contributed by atoms with E-state index < -0.39 is 10.8 Å². The van der Waals surface area contributed by atoms with E-state index in [1.165, 1.54) is 12.5 Å². The fourth-order valence-electron chi connectivity index (χ4n) is 2.91. The van der Waals surface area contributed by atoms with E-state index in [1.807, 2.05) is 0 Å². The summed E-state index contributed by atoms with van der Waals surface area (Å²) >= 11 is 0. The second kappa shape index (κ2) is 8.42. The van der Waals surface area contributed by atoms with E-state index in [-0.39, 0.29) is 18.3 Å². The molecule has 1 aromatic carbocycles. The van der Waals surface area contributed by atoms with E-state index >= 15 is 0 Å². The van der Waals surface area contributed by atoms with Gasteiger partial charge in [-0.05, 0) is 31.7 Å². The summed E-state index contributed by atoms with van der Waals surface area (Å²) in [5, 5.41) is 13.4. The summed E-state index contributed by atoms with van der Waals surface area (Å²) in [5.74, 6) is -0.522. The van der Waals surface area contributed by atoms with E-state index in [4.69, 9.17) is 4.74 Å². The predicted molar refractivity (Wildman–Crippen MR) is 88.6 cm³/mol. The van der Waals surface area contributed by atoms with Gasteiger partial charge in [0.1, 0.15) is 0 Å². The molecular formula is C17H22N2O5. The molecule has 1 N–H and O–H groups in total. The Balaban J connectivity index is 1.79. The number of nitro groups is 1. The van der Waals surface area contributed by atoms with Crippen molar-refractivity contribution < 1.29 is 19.2 Å². The zero-order chi connectivity index (χ0) is 17.5. The van der Waals surface area contributed by atoms with Crippen LogP contribution in [0.5, 0.6) is 0 Å². The molecule has 0 unspecified atom stereocenters. The van der Waals surface area contributed by atoms with Gasteiger partial charge in [-0.3, -0.25) is 19.7 Å². The fraction of sp³-hybridized carbons (Fsp3) is 0.529. The summed E-state index contributed by atoms with van der Waals surface area (Å²) in [4.78, 5) is 34.0. The second-order valence-corrected chi connectivity index (χ2v) is 6.18. The predicted octanol–water partition coefficient (Wildman–Crippen LogP) is 3.36. The van der Waals surface area contributed by atoms with Crippen molar-refractivity contribution in [2.75, 3.05) is 11.9 Å². The average molecular weight is 334 g/mol. The topological polar surface area (TPSA) is 98.5 Å². The normalized spacial score (nSPS) is 14.9. The first-order valence-corrected chi connectivity index (χ1v) is 8.16. The van der Waals surface area contributed by atoms with Crippen molar-refractivity contribution in [3.8, 4) is 0 Å². The Kier molecular flexibility index (Phi) is 6.28. The highest BCUT2D eigenvalue weighted by molar-refractivity contribution is 5.93. The molecule has 0 spiro atoms. The fourth-order valence-corrected chi connectivity index (χ4v) is 2.91. The number of amides is 1. The van der Waals surface area contributed by atoms with Gasteiger partial charge < -0.3 is 10.1 Å². The summed E-state index contributed by atoms with van der Waals surface area (Å²) in [5.41, 5.74) is 0.750. The lowest BCUT2D eigenvalue weighted by Gasteiger charge is -2.20. The molecule has 1 aromatic rings. The van der Waals surface area contributed by atoms with E-state index in [2.05, 4.69) is 5.32 Å². The van der Waals surface area contributed by atoms with Gasteiger partial charge in [-0.1, -0.05) is 25.3 Å². The summed E-state index contributed by atoms with van der Waals surface area (Å²) in [6.07, 6.45) is 5.93. The average Bonchev–Trinajstić information content (AvgIpc) is 2.55. The minimum Gasteiger partial charge on any atom is -0.456 e. The summed E-state index contributed by atoms with van der Waals surface area (Å²) in [6, 6.07) is 4.42. The highest BCUT2D eigenvalue weighted by Crippen LogP contribution is 2.26. The lowest BCUT2D eigenvalue weighted by Crippen LogP contribution is -2.22. The zero-order valence-electron chi connectivity index (χ0n) is 13.7. The molecule has 130 valence electrons. The number of ether oxygens (including phenoxy) is 1. The van der Waals surface area contributed by atoms with Crippen molar-refractivity contribution in [2.45, 2.75) is 45.4 Å². The number of aryl methyl sites for hydroxylation is 1. The quantitative estimate of drug-likeness (QED) is 0.488. The molecule has 0 saturated heterocycles. The first-order valence-electron chi connectivity index (χ1n) is 8.16. The monoisotopic (exact) mass is 334 g/mol.